The lowest BCUT2D eigenvalue weighted by Gasteiger charge is -2.13. The van der Waals surface area contributed by atoms with Gasteiger partial charge in [-0.25, -0.2) is 0 Å². The van der Waals surface area contributed by atoms with Gasteiger partial charge in [-0.15, -0.1) is 11.3 Å². The smallest absolute Gasteiger partial charge is 0.0620 e. The average molecular weight is 539 g/mol. The minimum atomic E-state index is 1.18. The fourth-order valence-electron chi connectivity index (χ4n) is 7.16. The first-order valence-electron chi connectivity index (χ1n) is 14.0. The van der Waals surface area contributed by atoms with Gasteiger partial charge in [0, 0.05) is 64.4 Å². The fraction of sp³-hybridized carbons (Fsp3) is 0. The molecule has 0 spiro atoms. The van der Waals surface area contributed by atoms with E-state index >= 15 is 0 Å². The SMILES string of the molecule is c1ccc(-n2c3ccccc3c3c4c(ccc32)c2cc3sc5ccccc5c3cc2n2cc3ccccc3c42)cc1. The molecule has 0 N–H and O–H groups in total. The predicted molar refractivity (Wildman–Crippen MR) is 177 cm³/mol. The molecule has 0 aliphatic carbocycles. The molecule has 41 heavy (non-hydrogen) atoms. The Hall–Kier alpha value is -5.12. The van der Waals surface area contributed by atoms with E-state index in [-0.39, 0.29) is 0 Å². The number of aromatic nitrogens is 2. The van der Waals surface area contributed by atoms with Crippen molar-refractivity contribution in [1.82, 2.24) is 8.97 Å². The second-order valence-electron chi connectivity index (χ2n) is 11.0. The molecule has 6 aromatic carbocycles. The summed E-state index contributed by atoms with van der Waals surface area (Å²) in [5.74, 6) is 0. The lowest BCUT2D eigenvalue weighted by atomic mass is 9.98. The normalized spacial score (nSPS) is 12.4. The second kappa shape index (κ2) is 7.75. The molecule has 4 heterocycles. The minimum absolute atomic E-state index is 1.18. The summed E-state index contributed by atoms with van der Waals surface area (Å²) < 4.78 is 7.56. The average Bonchev–Trinajstić information content (AvgIpc) is 3.70. The van der Waals surface area contributed by atoms with Crippen LogP contribution in [0.4, 0.5) is 0 Å². The molecular formula is C38H22N2S. The van der Waals surface area contributed by atoms with Crippen molar-refractivity contribution < 1.29 is 0 Å². The lowest BCUT2D eigenvalue weighted by Crippen LogP contribution is -1.94. The summed E-state index contributed by atoms with van der Waals surface area (Å²) >= 11 is 1.89. The Labute approximate surface area is 238 Å². The molecule has 0 saturated carbocycles. The van der Waals surface area contributed by atoms with E-state index in [1.165, 1.54) is 85.6 Å². The van der Waals surface area contributed by atoms with Crippen molar-refractivity contribution in [3.63, 3.8) is 0 Å². The molecule has 0 aliphatic rings. The van der Waals surface area contributed by atoms with E-state index in [0.29, 0.717) is 0 Å². The first kappa shape index (κ1) is 21.7. The summed E-state index contributed by atoms with van der Waals surface area (Å²) in [6.07, 6.45) is 2.34. The third-order valence-electron chi connectivity index (χ3n) is 8.86. The van der Waals surface area contributed by atoms with Gasteiger partial charge in [0.15, 0.2) is 0 Å². The summed E-state index contributed by atoms with van der Waals surface area (Å²) in [6.45, 7) is 0. The van der Waals surface area contributed by atoms with E-state index in [9.17, 15) is 0 Å². The van der Waals surface area contributed by atoms with E-state index < -0.39 is 0 Å². The Morgan fingerprint density at radius 2 is 1.20 bits per heavy atom. The van der Waals surface area contributed by atoms with E-state index in [1.807, 2.05) is 11.3 Å². The maximum atomic E-state index is 2.46. The van der Waals surface area contributed by atoms with E-state index in [1.54, 1.807) is 0 Å². The Kier molecular flexibility index (Phi) is 4.10. The number of thiophene rings is 1. The van der Waals surface area contributed by atoms with Crippen LogP contribution in [-0.2, 0) is 0 Å². The molecule has 4 aromatic heterocycles. The van der Waals surface area contributed by atoms with Gasteiger partial charge in [0.2, 0.25) is 0 Å². The largest absolute Gasteiger partial charge is 0.315 e. The van der Waals surface area contributed by atoms with Gasteiger partial charge < -0.3 is 8.97 Å². The van der Waals surface area contributed by atoms with E-state index in [0.717, 1.165) is 0 Å². The highest BCUT2D eigenvalue weighted by Crippen LogP contribution is 2.45. The van der Waals surface area contributed by atoms with Gasteiger partial charge in [-0.05, 0) is 47.9 Å². The summed E-state index contributed by atoms with van der Waals surface area (Å²) in [7, 11) is 0. The number of hydrogen-bond acceptors (Lipinski definition) is 1. The molecule has 0 unspecified atom stereocenters. The molecule has 2 nitrogen and oxygen atoms in total. The number of fused-ring (bicyclic) bond motifs is 15. The van der Waals surface area contributed by atoms with Gasteiger partial charge in [0.1, 0.15) is 0 Å². The number of para-hydroxylation sites is 2. The van der Waals surface area contributed by atoms with Crippen LogP contribution < -0.4 is 0 Å². The van der Waals surface area contributed by atoms with E-state index in [2.05, 4.69) is 143 Å². The summed E-state index contributed by atoms with van der Waals surface area (Å²) in [5, 5.41) is 11.7. The van der Waals surface area contributed by atoms with Crippen molar-refractivity contribution in [2.75, 3.05) is 0 Å². The zero-order valence-electron chi connectivity index (χ0n) is 22.0. The van der Waals surface area contributed by atoms with Gasteiger partial charge in [0.25, 0.3) is 0 Å². The molecule has 0 aliphatic heterocycles. The van der Waals surface area contributed by atoms with Crippen molar-refractivity contribution in [3.05, 3.63) is 134 Å². The molecule has 10 aromatic rings. The van der Waals surface area contributed by atoms with Crippen molar-refractivity contribution in [3.8, 4) is 5.69 Å². The summed E-state index contributed by atoms with van der Waals surface area (Å²) in [6, 6.07) is 46.8. The van der Waals surface area contributed by atoms with Crippen LogP contribution in [0.25, 0.3) is 85.6 Å². The molecule has 0 bridgehead atoms. The van der Waals surface area contributed by atoms with Crippen molar-refractivity contribution in [2.45, 2.75) is 0 Å². The predicted octanol–water partition coefficient (Wildman–Crippen LogP) is 10.9. The highest BCUT2D eigenvalue weighted by molar-refractivity contribution is 7.25. The molecule has 0 radical (unpaired) electrons. The first-order valence-corrected chi connectivity index (χ1v) is 14.8. The monoisotopic (exact) mass is 538 g/mol. The molecule has 0 saturated heterocycles. The first-order chi connectivity index (χ1) is 20.3. The number of pyridine rings is 1. The van der Waals surface area contributed by atoms with Gasteiger partial charge in [0.05, 0.1) is 22.1 Å². The third-order valence-corrected chi connectivity index (χ3v) is 9.99. The second-order valence-corrected chi connectivity index (χ2v) is 12.1. The van der Waals surface area contributed by atoms with Crippen LogP contribution in [0.2, 0.25) is 0 Å². The number of benzene rings is 6. The van der Waals surface area contributed by atoms with Crippen LogP contribution in [0.15, 0.2) is 134 Å². The highest BCUT2D eigenvalue weighted by Gasteiger charge is 2.21. The van der Waals surface area contributed by atoms with Crippen molar-refractivity contribution >= 4 is 91.3 Å². The molecular weight excluding hydrogens is 516 g/mol. The van der Waals surface area contributed by atoms with Gasteiger partial charge in [-0.1, -0.05) is 84.9 Å². The van der Waals surface area contributed by atoms with Crippen LogP contribution >= 0.6 is 11.3 Å². The number of nitrogens with zero attached hydrogens (tertiary/aromatic N) is 2. The molecule has 0 fully saturated rings. The molecule has 3 heteroatoms. The van der Waals surface area contributed by atoms with Crippen LogP contribution in [0, 0.1) is 0 Å². The zero-order valence-corrected chi connectivity index (χ0v) is 22.8. The van der Waals surface area contributed by atoms with Gasteiger partial charge >= 0.3 is 0 Å². The topological polar surface area (TPSA) is 9.34 Å². The molecule has 190 valence electrons. The molecule has 10 rings (SSSR count). The van der Waals surface area contributed by atoms with Gasteiger partial charge in [-0.3, -0.25) is 0 Å². The summed E-state index contributed by atoms with van der Waals surface area (Å²) in [5.41, 5.74) is 6.19. The van der Waals surface area contributed by atoms with Crippen molar-refractivity contribution in [2.24, 2.45) is 0 Å². The highest BCUT2D eigenvalue weighted by atomic mass is 32.1. The molecule has 0 amide bonds. The van der Waals surface area contributed by atoms with Crippen molar-refractivity contribution in [1.29, 1.82) is 0 Å². The Bertz CT molecular complexity index is 2690. The standard InChI is InChI=1S/C38H22N2S/c1-2-11-24(12-3-1)40-31-16-8-6-15-28(31)36-32(40)19-18-27-29-21-35-30(26-14-7-9-17-34(26)41-35)20-33(29)39-22-23-10-4-5-13-25(23)38(39)37(27)36/h1-22H. The lowest BCUT2D eigenvalue weighted by molar-refractivity contribution is 1.18. The Morgan fingerprint density at radius 1 is 0.439 bits per heavy atom. The van der Waals surface area contributed by atoms with Crippen LogP contribution in [-0.4, -0.2) is 8.97 Å². The maximum absolute atomic E-state index is 2.46. The van der Waals surface area contributed by atoms with E-state index in [4.69, 9.17) is 0 Å². The fourth-order valence-corrected chi connectivity index (χ4v) is 8.29. The number of hydrogen-bond donors (Lipinski definition) is 0. The van der Waals surface area contributed by atoms with Crippen LogP contribution in [0.1, 0.15) is 0 Å². The Balaban J connectivity index is 1.52. The minimum Gasteiger partial charge on any atom is -0.315 e. The summed E-state index contributed by atoms with van der Waals surface area (Å²) in [4.78, 5) is 0. The van der Waals surface area contributed by atoms with Crippen LogP contribution in [0.3, 0.4) is 0 Å². The zero-order chi connectivity index (χ0) is 26.7. The van der Waals surface area contributed by atoms with Crippen LogP contribution in [0.5, 0.6) is 0 Å². The Morgan fingerprint density at radius 3 is 2.10 bits per heavy atom. The van der Waals surface area contributed by atoms with Gasteiger partial charge in [-0.2, -0.15) is 0 Å². The molecule has 0 atom stereocenters. The quantitative estimate of drug-likeness (QED) is 0.184. The maximum Gasteiger partial charge on any atom is 0.0620 e. The third kappa shape index (κ3) is 2.76. The number of rotatable bonds is 1.